The van der Waals surface area contributed by atoms with Crippen LogP contribution < -0.4 is 5.32 Å². The van der Waals surface area contributed by atoms with Crippen molar-refractivity contribution in [3.05, 3.63) is 35.4 Å². The second kappa shape index (κ2) is 9.90. The van der Waals surface area contributed by atoms with E-state index < -0.39 is 6.43 Å². The normalized spacial score (nSPS) is 14.4. The van der Waals surface area contributed by atoms with Crippen molar-refractivity contribution in [1.29, 1.82) is 5.26 Å². The molecule has 1 aromatic rings. The van der Waals surface area contributed by atoms with Crippen LogP contribution in [0, 0.1) is 17.2 Å². The summed E-state index contributed by atoms with van der Waals surface area (Å²) in [5.74, 6) is 0.362. The van der Waals surface area contributed by atoms with Crippen molar-refractivity contribution in [1.82, 2.24) is 5.32 Å². The number of nitriles is 1. The average Bonchev–Trinajstić information content (AvgIpc) is 3.35. The Morgan fingerprint density at radius 2 is 2.13 bits per heavy atom. The topological polar surface area (TPSA) is 73.1 Å². The number of rotatable bonds is 6. The average molecular weight is 324 g/mol. The van der Waals surface area contributed by atoms with Crippen LogP contribution in [0.15, 0.2) is 24.3 Å². The Labute approximate surface area is 135 Å². The van der Waals surface area contributed by atoms with Gasteiger partial charge in [-0.1, -0.05) is 12.1 Å². The van der Waals surface area contributed by atoms with Crippen LogP contribution in [0.5, 0.6) is 0 Å². The first kappa shape index (κ1) is 19.0. The summed E-state index contributed by atoms with van der Waals surface area (Å²) in [6.07, 6.45) is 0.390. The molecule has 1 aliphatic carbocycles. The van der Waals surface area contributed by atoms with Crippen LogP contribution in [-0.4, -0.2) is 30.6 Å². The van der Waals surface area contributed by atoms with E-state index in [1.807, 2.05) is 18.2 Å². The van der Waals surface area contributed by atoms with Crippen molar-refractivity contribution >= 4 is 5.91 Å². The molecule has 0 spiro atoms. The summed E-state index contributed by atoms with van der Waals surface area (Å²) in [5.41, 5.74) is 1.60. The van der Waals surface area contributed by atoms with Crippen molar-refractivity contribution < 1.29 is 18.7 Å². The predicted octanol–water partition coefficient (Wildman–Crippen LogP) is 2.82. The third kappa shape index (κ3) is 7.71. The van der Waals surface area contributed by atoms with Gasteiger partial charge in [-0.05, 0) is 43.9 Å². The van der Waals surface area contributed by atoms with E-state index in [1.54, 1.807) is 6.07 Å². The monoisotopic (exact) mass is 324 g/mol. The number of carbonyl (C=O) groups is 1. The molecule has 1 amide bonds. The first-order valence-electron chi connectivity index (χ1n) is 7.64. The molecule has 0 aliphatic heterocycles. The minimum atomic E-state index is -2.17. The molecule has 4 nitrogen and oxygen atoms in total. The second-order valence-electron chi connectivity index (χ2n) is 5.48. The molecular weight excluding hydrogens is 302 g/mol. The third-order valence-electron chi connectivity index (χ3n) is 3.44. The number of amides is 1. The number of aliphatic hydroxyl groups excluding tert-OH is 1. The minimum Gasteiger partial charge on any atom is -0.396 e. The van der Waals surface area contributed by atoms with Gasteiger partial charge in [0.2, 0.25) is 12.3 Å². The van der Waals surface area contributed by atoms with Gasteiger partial charge in [0.25, 0.3) is 0 Å². The van der Waals surface area contributed by atoms with E-state index in [4.69, 9.17) is 10.4 Å². The SMILES string of the molecule is CC(F)F.N#Cc1cccc(C(CCO)CNC(=O)C2CC2)c1. The lowest BCUT2D eigenvalue weighted by molar-refractivity contribution is -0.122. The Hall–Kier alpha value is -2.00. The molecule has 1 saturated carbocycles. The second-order valence-corrected chi connectivity index (χ2v) is 5.48. The number of nitrogens with zero attached hydrogens (tertiary/aromatic N) is 1. The van der Waals surface area contributed by atoms with Crippen molar-refractivity contribution in [3.8, 4) is 6.07 Å². The number of halogens is 2. The van der Waals surface area contributed by atoms with Crippen LogP contribution in [0.2, 0.25) is 0 Å². The summed E-state index contributed by atoms with van der Waals surface area (Å²) in [5, 5.41) is 21.0. The van der Waals surface area contributed by atoms with Gasteiger partial charge in [0.1, 0.15) is 0 Å². The van der Waals surface area contributed by atoms with Crippen LogP contribution in [0.4, 0.5) is 8.78 Å². The standard InChI is InChI=1S/C15H18N2O2.C2H4F2/c16-9-11-2-1-3-13(8-11)14(6-7-18)10-17-15(19)12-4-5-12;1-2(3)4/h1-3,8,12,14,18H,4-7,10H2,(H,17,19);2H,1H3. The molecule has 23 heavy (non-hydrogen) atoms. The number of aliphatic hydroxyl groups is 1. The maximum Gasteiger partial charge on any atom is 0.235 e. The fourth-order valence-electron chi connectivity index (χ4n) is 2.12. The largest absolute Gasteiger partial charge is 0.396 e. The zero-order valence-corrected chi connectivity index (χ0v) is 13.1. The summed E-state index contributed by atoms with van der Waals surface area (Å²) in [6.45, 7) is 1.42. The van der Waals surface area contributed by atoms with Crippen LogP contribution >= 0.6 is 0 Å². The van der Waals surface area contributed by atoms with Crippen LogP contribution in [0.1, 0.15) is 43.2 Å². The van der Waals surface area contributed by atoms with Crippen molar-refractivity contribution in [2.75, 3.05) is 13.2 Å². The number of nitrogens with one attached hydrogen (secondary N) is 1. The molecule has 0 heterocycles. The zero-order valence-electron chi connectivity index (χ0n) is 13.1. The van der Waals surface area contributed by atoms with Gasteiger partial charge in [-0.3, -0.25) is 4.79 Å². The van der Waals surface area contributed by atoms with E-state index >= 15 is 0 Å². The Kier molecular flexibility index (Phi) is 8.20. The number of alkyl halides is 2. The fraction of sp³-hybridized carbons (Fsp3) is 0.529. The van der Waals surface area contributed by atoms with Crippen LogP contribution in [0.25, 0.3) is 0 Å². The van der Waals surface area contributed by atoms with Gasteiger partial charge in [-0.15, -0.1) is 0 Å². The highest BCUT2D eigenvalue weighted by molar-refractivity contribution is 5.80. The summed E-state index contributed by atoms with van der Waals surface area (Å²) in [4.78, 5) is 11.6. The highest BCUT2D eigenvalue weighted by atomic mass is 19.3. The number of benzene rings is 1. The summed E-state index contributed by atoms with van der Waals surface area (Å²) in [7, 11) is 0. The van der Waals surface area contributed by atoms with Crippen LogP contribution in [-0.2, 0) is 4.79 Å². The van der Waals surface area contributed by atoms with E-state index in [0.717, 1.165) is 25.3 Å². The lowest BCUT2D eigenvalue weighted by Crippen LogP contribution is -2.30. The van der Waals surface area contributed by atoms with Gasteiger partial charge in [0.15, 0.2) is 0 Å². The highest BCUT2D eigenvalue weighted by Crippen LogP contribution is 2.29. The van der Waals surface area contributed by atoms with E-state index in [0.29, 0.717) is 18.5 Å². The Morgan fingerprint density at radius 3 is 2.65 bits per heavy atom. The summed E-state index contributed by atoms with van der Waals surface area (Å²) >= 11 is 0. The van der Waals surface area contributed by atoms with Crippen molar-refractivity contribution in [3.63, 3.8) is 0 Å². The van der Waals surface area contributed by atoms with Gasteiger partial charge in [-0.25, -0.2) is 8.78 Å². The number of hydrogen-bond donors (Lipinski definition) is 2. The molecule has 0 bridgehead atoms. The number of hydrogen-bond acceptors (Lipinski definition) is 3. The highest BCUT2D eigenvalue weighted by Gasteiger charge is 2.29. The fourth-order valence-corrected chi connectivity index (χ4v) is 2.12. The minimum absolute atomic E-state index is 0.0565. The first-order chi connectivity index (χ1) is 11.0. The molecule has 1 fully saturated rings. The van der Waals surface area contributed by atoms with Crippen LogP contribution in [0.3, 0.4) is 0 Å². The molecule has 1 aliphatic rings. The summed E-state index contributed by atoms with van der Waals surface area (Å²) in [6, 6.07) is 9.45. The molecule has 0 aromatic heterocycles. The third-order valence-corrected chi connectivity index (χ3v) is 3.44. The molecule has 1 unspecified atom stereocenters. The molecule has 126 valence electrons. The van der Waals surface area contributed by atoms with E-state index in [-0.39, 0.29) is 24.3 Å². The molecule has 1 atom stereocenters. The van der Waals surface area contributed by atoms with E-state index in [1.165, 1.54) is 0 Å². The first-order valence-corrected chi connectivity index (χ1v) is 7.64. The van der Waals surface area contributed by atoms with Gasteiger partial charge < -0.3 is 10.4 Å². The Balaban J connectivity index is 0.000000593. The molecular formula is C17H22F2N2O2. The lowest BCUT2D eigenvalue weighted by Gasteiger charge is -2.17. The maximum atomic E-state index is 11.6. The van der Waals surface area contributed by atoms with Crippen molar-refractivity contribution in [2.45, 2.75) is 38.5 Å². The number of carbonyl (C=O) groups excluding carboxylic acids is 1. The lowest BCUT2D eigenvalue weighted by atomic mass is 9.94. The zero-order chi connectivity index (χ0) is 17.2. The van der Waals surface area contributed by atoms with Gasteiger partial charge in [0.05, 0.1) is 11.6 Å². The van der Waals surface area contributed by atoms with Gasteiger partial charge in [0, 0.05) is 25.0 Å². The Morgan fingerprint density at radius 1 is 1.48 bits per heavy atom. The van der Waals surface area contributed by atoms with Gasteiger partial charge >= 0.3 is 0 Å². The van der Waals surface area contributed by atoms with E-state index in [2.05, 4.69) is 11.4 Å². The molecule has 2 N–H and O–H groups in total. The maximum absolute atomic E-state index is 11.6. The summed E-state index contributed by atoms with van der Waals surface area (Å²) < 4.78 is 20.7. The molecule has 0 radical (unpaired) electrons. The molecule has 1 aromatic carbocycles. The van der Waals surface area contributed by atoms with E-state index in [9.17, 15) is 13.6 Å². The quantitative estimate of drug-likeness (QED) is 0.845. The molecule has 6 heteroatoms. The molecule has 0 saturated heterocycles. The van der Waals surface area contributed by atoms with Crippen molar-refractivity contribution in [2.24, 2.45) is 5.92 Å². The smallest absolute Gasteiger partial charge is 0.235 e. The predicted molar refractivity (Wildman–Crippen MR) is 83.0 cm³/mol. The molecule has 2 rings (SSSR count). The Bertz CT molecular complexity index is 537. The van der Waals surface area contributed by atoms with Gasteiger partial charge in [-0.2, -0.15) is 5.26 Å².